The third-order valence-corrected chi connectivity index (χ3v) is 5.10. The molecule has 20 heavy (non-hydrogen) atoms. The van der Waals surface area contributed by atoms with Gasteiger partial charge in [0, 0.05) is 12.3 Å². The van der Waals surface area contributed by atoms with E-state index in [0.717, 1.165) is 37.9 Å². The fraction of sp³-hybridized carbons (Fsp3) is 0.571. The second-order valence-corrected chi connectivity index (χ2v) is 7.47. The van der Waals surface area contributed by atoms with Gasteiger partial charge in [-0.25, -0.2) is 8.42 Å². The second-order valence-electron chi connectivity index (χ2n) is 5.48. The molecule has 0 amide bonds. The zero-order valence-electron chi connectivity index (χ0n) is 11.5. The predicted octanol–water partition coefficient (Wildman–Crippen LogP) is 1.36. The van der Waals surface area contributed by atoms with Gasteiger partial charge in [-0.05, 0) is 49.9 Å². The lowest BCUT2D eigenvalue weighted by atomic mass is 9.91. The lowest BCUT2D eigenvalue weighted by Crippen LogP contribution is -2.28. The summed E-state index contributed by atoms with van der Waals surface area (Å²) in [5.41, 5.74) is 0.851. The van der Waals surface area contributed by atoms with Crippen LogP contribution in [0.15, 0.2) is 17.0 Å². The maximum atomic E-state index is 12.0. The summed E-state index contributed by atoms with van der Waals surface area (Å²) in [6.07, 6.45) is 4.19. The van der Waals surface area contributed by atoms with Gasteiger partial charge in [0.2, 0.25) is 6.79 Å². The highest BCUT2D eigenvalue weighted by Gasteiger charge is 2.24. The summed E-state index contributed by atoms with van der Waals surface area (Å²) in [7, 11) is -3.26. The lowest BCUT2D eigenvalue weighted by Gasteiger charge is -2.23. The second kappa shape index (κ2) is 5.26. The van der Waals surface area contributed by atoms with E-state index in [0.29, 0.717) is 22.3 Å². The van der Waals surface area contributed by atoms with Crippen molar-refractivity contribution in [1.29, 1.82) is 0 Å². The molecule has 2 heterocycles. The maximum absolute atomic E-state index is 12.0. The van der Waals surface area contributed by atoms with E-state index in [1.807, 2.05) is 6.07 Å². The number of ether oxygens (including phenoxy) is 2. The Balaban J connectivity index is 1.95. The summed E-state index contributed by atoms with van der Waals surface area (Å²) < 4.78 is 34.6. The Morgan fingerprint density at radius 3 is 2.50 bits per heavy atom. The fourth-order valence-electron chi connectivity index (χ4n) is 2.87. The van der Waals surface area contributed by atoms with Crippen molar-refractivity contribution in [2.24, 2.45) is 5.92 Å². The van der Waals surface area contributed by atoms with Gasteiger partial charge in [0.15, 0.2) is 21.3 Å². The largest absolute Gasteiger partial charge is 0.454 e. The van der Waals surface area contributed by atoms with Crippen molar-refractivity contribution in [2.45, 2.75) is 24.2 Å². The number of rotatable bonds is 3. The Labute approximate surface area is 119 Å². The topological polar surface area (TPSA) is 64.6 Å². The molecule has 3 rings (SSSR count). The molecule has 0 bridgehead atoms. The van der Waals surface area contributed by atoms with E-state index in [-0.39, 0.29) is 6.79 Å². The zero-order chi connectivity index (χ0) is 14.2. The summed E-state index contributed by atoms with van der Waals surface area (Å²) >= 11 is 0. The SMILES string of the molecule is CS(=O)(=O)c1cc2c(cc1CC1CCNCC1)OCO2. The van der Waals surface area contributed by atoms with Crippen LogP contribution in [0.2, 0.25) is 0 Å². The molecule has 2 aliphatic rings. The smallest absolute Gasteiger partial charge is 0.231 e. The van der Waals surface area contributed by atoms with Gasteiger partial charge >= 0.3 is 0 Å². The van der Waals surface area contributed by atoms with Crippen molar-refractivity contribution in [3.8, 4) is 11.5 Å². The van der Waals surface area contributed by atoms with Gasteiger partial charge in [0.1, 0.15) is 0 Å². The van der Waals surface area contributed by atoms with Crippen molar-refractivity contribution in [3.05, 3.63) is 17.7 Å². The van der Waals surface area contributed by atoms with Gasteiger partial charge in [-0.1, -0.05) is 0 Å². The molecule has 1 aromatic rings. The molecule has 2 aliphatic heterocycles. The highest BCUT2D eigenvalue weighted by molar-refractivity contribution is 7.90. The Morgan fingerprint density at radius 1 is 1.20 bits per heavy atom. The maximum Gasteiger partial charge on any atom is 0.231 e. The van der Waals surface area contributed by atoms with Crippen LogP contribution in [0, 0.1) is 5.92 Å². The first-order valence-corrected chi connectivity index (χ1v) is 8.76. The van der Waals surface area contributed by atoms with Crippen molar-refractivity contribution in [2.75, 3.05) is 26.1 Å². The van der Waals surface area contributed by atoms with Gasteiger partial charge in [0.25, 0.3) is 0 Å². The zero-order valence-corrected chi connectivity index (χ0v) is 12.3. The molecule has 0 atom stereocenters. The van der Waals surface area contributed by atoms with Crippen LogP contribution in [0.25, 0.3) is 0 Å². The quantitative estimate of drug-likeness (QED) is 0.912. The van der Waals surface area contributed by atoms with Crippen LogP contribution in [0.5, 0.6) is 11.5 Å². The molecule has 0 aromatic heterocycles. The molecule has 1 N–H and O–H groups in total. The Hall–Kier alpha value is -1.27. The fourth-order valence-corrected chi connectivity index (χ4v) is 3.81. The Bertz CT molecular complexity index is 606. The summed E-state index contributed by atoms with van der Waals surface area (Å²) in [4.78, 5) is 0.375. The van der Waals surface area contributed by atoms with Gasteiger partial charge < -0.3 is 14.8 Å². The van der Waals surface area contributed by atoms with Crippen molar-refractivity contribution in [3.63, 3.8) is 0 Å². The number of hydrogen-bond acceptors (Lipinski definition) is 5. The van der Waals surface area contributed by atoms with Gasteiger partial charge in [-0.3, -0.25) is 0 Å². The Morgan fingerprint density at radius 2 is 1.85 bits per heavy atom. The molecule has 1 aromatic carbocycles. The van der Waals surface area contributed by atoms with Crippen molar-refractivity contribution in [1.82, 2.24) is 5.32 Å². The molecule has 0 radical (unpaired) electrons. The summed E-state index contributed by atoms with van der Waals surface area (Å²) in [6, 6.07) is 3.44. The number of hydrogen-bond donors (Lipinski definition) is 1. The average molecular weight is 297 g/mol. The highest BCUT2D eigenvalue weighted by atomic mass is 32.2. The number of piperidine rings is 1. The van der Waals surface area contributed by atoms with Crippen LogP contribution in [0.4, 0.5) is 0 Å². The first-order valence-electron chi connectivity index (χ1n) is 6.87. The molecule has 110 valence electrons. The third kappa shape index (κ3) is 2.76. The van der Waals surface area contributed by atoms with Crippen LogP contribution in [0.1, 0.15) is 18.4 Å². The first kappa shape index (κ1) is 13.7. The standard InChI is InChI=1S/C14H19NO4S/c1-20(16,17)14-8-13-12(18-9-19-13)7-11(14)6-10-2-4-15-5-3-10/h7-8,10,15H,2-6,9H2,1H3. The number of nitrogens with one attached hydrogen (secondary N) is 1. The van der Waals surface area contributed by atoms with Crippen LogP contribution in [-0.2, 0) is 16.3 Å². The van der Waals surface area contributed by atoms with Crippen LogP contribution >= 0.6 is 0 Å². The highest BCUT2D eigenvalue weighted by Crippen LogP contribution is 2.37. The molecule has 5 nitrogen and oxygen atoms in total. The monoisotopic (exact) mass is 297 g/mol. The minimum atomic E-state index is -3.26. The lowest BCUT2D eigenvalue weighted by molar-refractivity contribution is 0.174. The molecule has 6 heteroatoms. The van der Waals surface area contributed by atoms with Gasteiger partial charge in [0.05, 0.1) is 4.90 Å². The van der Waals surface area contributed by atoms with Gasteiger partial charge in [-0.2, -0.15) is 0 Å². The van der Waals surface area contributed by atoms with E-state index < -0.39 is 9.84 Å². The van der Waals surface area contributed by atoms with E-state index in [1.54, 1.807) is 6.07 Å². The van der Waals surface area contributed by atoms with E-state index in [9.17, 15) is 8.42 Å². The minimum Gasteiger partial charge on any atom is -0.454 e. The number of fused-ring (bicyclic) bond motifs is 1. The number of benzene rings is 1. The molecule has 1 saturated heterocycles. The normalized spacial score (nSPS) is 19.2. The molecular weight excluding hydrogens is 278 g/mol. The van der Waals surface area contributed by atoms with Crippen LogP contribution < -0.4 is 14.8 Å². The van der Waals surface area contributed by atoms with Crippen LogP contribution in [-0.4, -0.2) is 34.6 Å². The summed E-state index contributed by atoms with van der Waals surface area (Å²) in [5, 5.41) is 3.32. The average Bonchev–Trinajstić information content (AvgIpc) is 2.85. The summed E-state index contributed by atoms with van der Waals surface area (Å²) in [5.74, 6) is 1.71. The Kier molecular flexibility index (Phi) is 3.60. The summed E-state index contributed by atoms with van der Waals surface area (Å²) in [6.45, 7) is 2.17. The van der Waals surface area contributed by atoms with E-state index in [2.05, 4.69) is 5.32 Å². The molecule has 0 saturated carbocycles. The molecular formula is C14H19NO4S. The molecule has 1 fully saturated rings. The predicted molar refractivity (Wildman–Crippen MR) is 75.0 cm³/mol. The van der Waals surface area contributed by atoms with Crippen molar-refractivity contribution >= 4 is 9.84 Å². The molecule has 0 spiro atoms. The van der Waals surface area contributed by atoms with E-state index in [4.69, 9.17) is 9.47 Å². The van der Waals surface area contributed by atoms with E-state index >= 15 is 0 Å². The van der Waals surface area contributed by atoms with Gasteiger partial charge in [-0.15, -0.1) is 0 Å². The third-order valence-electron chi connectivity index (χ3n) is 3.92. The van der Waals surface area contributed by atoms with Crippen molar-refractivity contribution < 1.29 is 17.9 Å². The minimum absolute atomic E-state index is 0.162. The molecule has 0 unspecified atom stereocenters. The first-order chi connectivity index (χ1) is 9.54. The van der Waals surface area contributed by atoms with Crippen LogP contribution in [0.3, 0.4) is 0 Å². The number of sulfone groups is 1. The van der Waals surface area contributed by atoms with E-state index in [1.165, 1.54) is 6.26 Å². The molecule has 0 aliphatic carbocycles.